The van der Waals surface area contributed by atoms with Gasteiger partial charge < -0.3 is 23.8 Å². The number of esters is 1. The van der Waals surface area contributed by atoms with Gasteiger partial charge in [0, 0.05) is 20.2 Å². The first-order chi connectivity index (χ1) is 9.78. The third-order valence-electron chi connectivity index (χ3n) is 3.10. The van der Waals surface area contributed by atoms with Crippen LogP contribution in [0.4, 0.5) is 4.79 Å². The van der Waals surface area contributed by atoms with Crippen molar-refractivity contribution in [2.75, 3.05) is 34.1 Å². The van der Waals surface area contributed by atoms with Crippen molar-refractivity contribution in [3.05, 3.63) is 0 Å². The number of hydrogen-bond acceptors (Lipinski definition) is 6. The highest BCUT2D eigenvalue weighted by Gasteiger charge is 2.38. The highest BCUT2D eigenvalue weighted by atomic mass is 16.7. The van der Waals surface area contributed by atoms with Crippen LogP contribution in [0.15, 0.2) is 0 Å². The van der Waals surface area contributed by atoms with Gasteiger partial charge in [-0.1, -0.05) is 0 Å². The van der Waals surface area contributed by atoms with Gasteiger partial charge in [0.05, 0.1) is 13.2 Å². The topological polar surface area (TPSA) is 74.3 Å². The van der Waals surface area contributed by atoms with Crippen LogP contribution in [0.2, 0.25) is 0 Å². The fourth-order valence-corrected chi connectivity index (χ4v) is 2.16. The van der Waals surface area contributed by atoms with Crippen molar-refractivity contribution < 1.29 is 28.5 Å². The molecule has 1 rings (SSSR count). The molecule has 1 aliphatic heterocycles. The predicted molar refractivity (Wildman–Crippen MR) is 74.7 cm³/mol. The van der Waals surface area contributed by atoms with Crippen LogP contribution in [0.3, 0.4) is 0 Å². The first-order valence-corrected chi connectivity index (χ1v) is 6.94. The number of likely N-dealkylation sites (tertiary alicyclic amines) is 1. The quantitative estimate of drug-likeness (QED) is 0.577. The zero-order valence-electron chi connectivity index (χ0n) is 13.4. The summed E-state index contributed by atoms with van der Waals surface area (Å²) >= 11 is 0. The molecule has 1 saturated heterocycles. The number of hydrogen-bond donors (Lipinski definition) is 0. The second kappa shape index (κ2) is 7.61. The molecule has 21 heavy (non-hydrogen) atoms. The Morgan fingerprint density at radius 1 is 1.24 bits per heavy atom. The van der Waals surface area contributed by atoms with E-state index in [9.17, 15) is 9.59 Å². The minimum Gasteiger partial charge on any atom is -0.469 e. The summed E-state index contributed by atoms with van der Waals surface area (Å²) in [6.45, 7) is 6.20. The first-order valence-electron chi connectivity index (χ1n) is 6.94. The van der Waals surface area contributed by atoms with Crippen molar-refractivity contribution in [2.24, 2.45) is 5.92 Å². The van der Waals surface area contributed by atoms with E-state index in [-0.39, 0.29) is 19.4 Å². The lowest BCUT2D eigenvalue weighted by molar-refractivity contribution is -0.162. The summed E-state index contributed by atoms with van der Waals surface area (Å²) in [5, 5.41) is 0. The third kappa shape index (κ3) is 5.51. The van der Waals surface area contributed by atoms with Gasteiger partial charge in [0.25, 0.3) is 0 Å². The smallest absolute Gasteiger partial charge is 0.410 e. The fourth-order valence-electron chi connectivity index (χ4n) is 2.16. The summed E-state index contributed by atoms with van der Waals surface area (Å²) in [6, 6.07) is 0. The van der Waals surface area contributed by atoms with Crippen molar-refractivity contribution in [1.29, 1.82) is 0 Å². The van der Waals surface area contributed by atoms with Gasteiger partial charge in [0.15, 0.2) is 0 Å². The van der Waals surface area contributed by atoms with Gasteiger partial charge >= 0.3 is 12.1 Å². The van der Waals surface area contributed by atoms with Gasteiger partial charge in [-0.2, -0.15) is 0 Å². The minimum atomic E-state index is -0.568. The third-order valence-corrected chi connectivity index (χ3v) is 3.10. The molecule has 1 amide bonds. The van der Waals surface area contributed by atoms with Crippen molar-refractivity contribution in [3.8, 4) is 0 Å². The molecule has 7 nitrogen and oxygen atoms in total. The molecule has 0 spiro atoms. The van der Waals surface area contributed by atoms with E-state index in [1.165, 1.54) is 19.1 Å². The molecule has 0 aliphatic carbocycles. The fraction of sp³-hybridized carbons (Fsp3) is 0.857. The van der Waals surface area contributed by atoms with Crippen LogP contribution >= 0.6 is 0 Å². The average Bonchev–Trinajstić information content (AvgIpc) is 2.42. The Morgan fingerprint density at radius 3 is 2.43 bits per heavy atom. The Balaban J connectivity index is 2.69. The lowest BCUT2D eigenvalue weighted by Crippen LogP contribution is -2.51. The zero-order valence-corrected chi connectivity index (χ0v) is 13.4. The molecule has 7 heteroatoms. The number of ether oxygens (including phenoxy) is 4. The standard InChI is InChI=1S/C14H25NO6/c1-14(2,3)21-13(17)15-7-6-11(20-9-18-4)10(8-15)12(16)19-5/h10-11H,6-9H2,1-5H3/t10-,11+/m0/s1. The molecule has 0 aromatic heterocycles. The number of carbonyl (C=O) groups is 2. The van der Waals surface area contributed by atoms with Crippen molar-refractivity contribution in [3.63, 3.8) is 0 Å². The van der Waals surface area contributed by atoms with E-state index in [4.69, 9.17) is 18.9 Å². The highest BCUT2D eigenvalue weighted by Crippen LogP contribution is 2.23. The van der Waals surface area contributed by atoms with E-state index < -0.39 is 23.6 Å². The minimum absolute atomic E-state index is 0.102. The zero-order chi connectivity index (χ0) is 16.0. The molecular formula is C14H25NO6. The molecule has 0 saturated carbocycles. The molecule has 0 radical (unpaired) electrons. The Morgan fingerprint density at radius 2 is 1.90 bits per heavy atom. The maximum absolute atomic E-state index is 12.1. The summed E-state index contributed by atoms with van der Waals surface area (Å²) in [5.74, 6) is -0.934. The molecule has 0 aromatic rings. The van der Waals surface area contributed by atoms with E-state index in [1.54, 1.807) is 20.8 Å². The van der Waals surface area contributed by atoms with E-state index in [0.717, 1.165) is 0 Å². The lowest BCUT2D eigenvalue weighted by Gasteiger charge is -2.37. The van der Waals surface area contributed by atoms with Crippen LogP contribution < -0.4 is 0 Å². The number of piperidine rings is 1. The maximum atomic E-state index is 12.1. The van der Waals surface area contributed by atoms with Crippen LogP contribution in [-0.4, -0.2) is 62.8 Å². The molecule has 122 valence electrons. The van der Waals surface area contributed by atoms with Gasteiger partial charge in [-0.25, -0.2) is 4.79 Å². The van der Waals surface area contributed by atoms with E-state index in [2.05, 4.69) is 0 Å². The van der Waals surface area contributed by atoms with Crippen molar-refractivity contribution in [1.82, 2.24) is 4.90 Å². The Bertz CT molecular complexity index is 365. The molecule has 1 fully saturated rings. The molecule has 0 bridgehead atoms. The maximum Gasteiger partial charge on any atom is 0.410 e. The molecule has 1 aliphatic rings. The normalized spacial score (nSPS) is 22.8. The second-order valence-electron chi connectivity index (χ2n) is 5.96. The number of nitrogens with zero attached hydrogens (tertiary/aromatic N) is 1. The average molecular weight is 303 g/mol. The van der Waals surface area contributed by atoms with Gasteiger partial charge in [0.1, 0.15) is 18.3 Å². The number of amides is 1. The van der Waals surface area contributed by atoms with Crippen LogP contribution in [0.5, 0.6) is 0 Å². The molecule has 0 unspecified atom stereocenters. The molecule has 0 N–H and O–H groups in total. The number of methoxy groups -OCH3 is 2. The Labute approximate surface area is 125 Å². The van der Waals surface area contributed by atoms with E-state index in [0.29, 0.717) is 13.0 Å². The van der Waals surface area contributed by atoms with Crippen LogP contribution in [-0.2, 0) is 23.7 Å². The summed E-state index contributed by atoms with van der Waals surface area (Å²) in [6.07, 6.45) is -0.222. The SMILES string of the molecule is COCO[C@@H]1CCN(C(=O)OC(C)(C)C)C[C@@H]1C(=O)OC. The Hall–Kier alpha value is -1.34. The highest BCUT2D eigenvalue weighted by molar-refractivity contribution is 5.75. The summed E-state index contributed by atoms with van der Waals surface area (Å²) in [7, 11) is 2.84. The molecule has 2 atom stereocenters. The molecule has 0 aromatic carbocycles. The first kappa shape index (κ1) is 17.7. The van der Waals surface area contributed by atoms with Crippen LogP contribution in [0.25, 0.3) is 0 Å². The van der Waals surface area contributed by atoms with E-state index >= 15 is 0 Å². The largest absolute Gasteiger partial charge is 0.469 e. The second-order valence-corrected chi connectivity index (χ2v) is 5.96. The summed E-state index contributed by atoms with van der Waals surface area (Å²) in [4.78, 5) is 25.5. The Kier molecular flexibility index (Phi) is 6.42. The van der Waals surface area contributed by atoms with Crippen molar-refractivity contribution >= 4 is 12.1 Å². The molecule has 1 heterocycles. The lowest BCUT2D eigenvalue weighted by atomic mass is 9.95. The van der Waals surface area contributed by atoms with Gasteiger partial charge in [-0.05, 0) is 27.2 Å². The van der Waals surface area contributed by atoms with Crippen LogP contribution in [0, 0.1) is 5.92 Å². The van der Waals surface area contributed by atoms with E-state index in [1.807, 2.05) is 0 Å². The monoisotopic (exact) mass is 303 g/mol. The van der Waals surface area contributed by atoms with Crippen molar-refractivity contribution in [2.45, 2.75) is 38.9 Å². The summed E-state index contributed by atoms with van der Waals surface area (Å²) < 4.78 is 20.5. The molecular weight excluding hydrogens is 278 g/mol. The number of rotatable bonds is 4. The number of carbonyl (C=O) groups excluding carboxylic acids is 2. The van der Waals surface area contributed by atoms with Crippen LogP contribution in [0.1, 0.15) is 27.2 Å². The van der Waals surface area contributed by atoms with Gasteiger partial charge in [0.2, 0.25) is 0 Å². The van der Waals surface area contributed by atoms with Gasteiger partial charge in [-0.3, -0.25) is 4.79 Å². The van der Waals surface area contributed by atoms with Gasteiger partial charge in [-0.15, -0.1) is 0 Å². The summed E-state index contributed by atoms with van der Waals surface area (Å²) in [5.41, 5.74) is -0.568. The predicted octanol–water partition coefficient (Wildman–Crippen LogP) is 1.41.